The molecule has 0 bridgehead atoms. The van der Waals surface area contributed by atoms with Crippen molar-refractivity contribution in [3.05, 3.63) is 0 Å². The molecule has 0 aromatic heterocycles. The average Bonchev–Trinajstić information content (AvgIpc) is 2.23. The quantitative estimate of drug-likeness (QED) is 0.671. The number of amides is 1. The second-order valence-corrected chi connectivity index (χ2v) is 3.88. The first-order valence-electron chi connectivity index (χ1n) is 5.57. The molecule has 0 saturated carbocycles. The fourth-order valence-corrected chi connectivity index (χ4v) is 1.23. The summed E-state index contributed by atoms with van der Waals surface area (Å²) in [5.74, 6) is -0.460. The molecule has 1 amide bonds. The predicted octanol–water partition coefficient (Wildman–Crippen LogP) is 0.394. The van der Waals surface area contributed by atoms with Crippen LogP contribution in [-0.2, 0) is 14.3 Å². The number of carbonyl (C=O) groups excluding carboxylic acids is 2. The van der Waals surface area contributed by atoms with Crippen LogP contribution in [0.1, 0.15) is 27.7 Å². The van der Waals surface area contributed by atoms with Crippen LogP contribution < -0.4 is 5.32 Å². The molecule has 1 unspecified atom stereocenters. The van der Waals surface area contributed by atoms with Crippen LogP contribution in [0.4, 0.5) is 0 Å². The van der Waals surface area contributed by atoms with Gasteiger partial charge >= 0.3 is 5.97 Å². The van der Waals surface area contributed by atoms with Gasteiger partial charge < -0.3 is 15.0 Å². The minimum atomic E-state index is -0.368. The van der Waals surface area contributed by atoms with Crippen molar-refractivity contribution in [2.75, 3.05) is 20.2 Å². The van der Waals surface area contributed by atoms with E-state index >= 15 is 0 Å². The Kier molecular flexibility index (Phi) is 6.72. The first kappa shape index (κ1) is 14.9. The zero-order valence-corrected chi connectivity index (χ0v) is 10.7. The summed E-state index contributed by atoms with van der Waals surface area (Å²) in [6.45, 7) is 7.61. The maximum atomic E-state index is 11.9. The summed E-state index contributed by atoms with van der Waals surface area (Å²) in [4.78, 5) is 24.8. The standard InChI is InChI=1S/C11H22N2O3/c1-6-16-10(14)7-13(8(2)3)11(15)9(4)12-5/h8-9,12H,6-7H2,1-5H3. The first-order chi connectivity index (χ1) is 7.43. The number of ether oxygens (including phenoxy) is 1. The number of rotatable bonds is 6. The Morgan fingerprint density at radius 3 is 2.25 bits per heavy atom. The molecular weight excluding hydrogens is 208 g/mol. The van der Waals surface area contributed by atoms with Crippen molar-refractivity contribution in [2.45, 2.75) is 39.8 Å². The van der Waals surface area contributed by atoms with Crippen molar-refractivity contribution in [3.63, 3.8) is 0 Å². The van der Waals surface area contributed by atoms with Gasteiger partial charge in [-0.15, -0.1) is 0 Å². The molecule has 16 heavy (non-hydrogen) atoms. The van der Waals surface area contributed by atoms with Crippen LogP contribution in [0.15, 0.2) is 0 Å². The molecule has 0 radical (unpaired) electrons. The average molecular weight is 230 g/mol. The number of hydrogen-bond acceptors (Lipinski definition) is 4. The number of carbonyl (C=O) groups is 2. The van der Waals surface area contributed by atoms with Gasteiger partial charge in [0.25, 0.3) is 0 Å². The van der Waals surface area contributed by atoms with Gasteiger partial charge in [0.05, 0.1) is 12.6 Å². The third-order valence-corrected chi connectivity index (χ3v) is 2.31. The van der Waals surface area contributed by atoms with Crippen molar-refractivity contribution in [1.29, 1.82) is 0 Å². The van der Waals surface area contributed by atoms with Crippen molar-refractivity contribution in [2.24, 2.45) is 0 Å². The molecule has 0 heterocycles. The van der Waals surface area contributed by atoms with Gasteiger partial charge in [-0.25, -0.2) is 0 Å². The highest BCUT2D eigenvalue weighted by Gasteiger charge is 2.24. The van der Waals surface area contributed by atoms with E-state index in [2.05, 4.69) is 5.32 Å². The number of esters is 1. The molecule has 0 aliphatic carbocycles. The largest absolute Gasteiger partial charge is 0.465 e. The number of nitrogens with one attached hydrogen (secondary N) is 1. The van der Waals surface area contributed by atoms with E-state index in [0.29, 0.717) is 6.61 Å². The van der Waals surface area contributed by atoms with Gasteiger partial charge in [0.15, 0.2) is 0 Å². The molecule has 0 aromatic carbocycles. The van der Waals surface area contributed by atoms with Gasteiger partial charge in [0.1, 0.15) is 6.54 Å². The fourth-order valence-electron chi connectivity index (χ4n) is 1.23. The predicted molar refractivity (Wildman–Crippen MR) is 62.0 cm³/mol. The lowest BCUT2D eigenvalue weighted by Crippen LogP contribution is -2.49. The van der Waals surface area contributed by atoms with Crippen LogP contribution in [0.3, 0.4) is 0 Å². The Hall–Kier alpha value is -1.10. The Labute approximate surface area is 97.1 Å². The van der Waals surface area contributed by atoms with Crippen LogP contribution in [0, 0.1) is 0 Å². The molecule has 5 nitrogen and oxygen atoms in total. The Morgan fingerprint density at radius 2 is 1.88 bits per heavy atom. The molecule has 0 aromatic rings. The number of hydrogen-bond donors (Lipinski definition) is 1. The van der Waals surface area contributed by atoms with Gasteiger partial charge in [0.2, 0.25) is 5.91 Å². The van der Waals surface area contributed by atoms with Gasteiger partial charge in [0, 0.05) is 6.04 Å². The van der Waals surface area contributed by atoms with Gasteiger partial charge in [-0.2, -0.15) is 0 Å². The summed E-state index contributed by atoms with van der Waals surface area (Å²) in [6, 6.07) is -0.315. The number of nitrogens with zero attached hydrogens (tertiary/aromatic N) is 1. The summed E-state index contributed by atoms with van der Waals surface area (Å²) in [6.07, 6.45) is 0. The number of likely N-dealkylation sites (N-methyl/N-ethyl adjacent to an activating group) is 1. The highest BCUT2D eigenvalue weighted by Crippen LogP contribution is 2.02. The third kappa shape index (κ3) is 4.61. The summed E-state index contributed by atoms with van der Waals surface area (Å²) in [7, 11) is 1.71. The van der Waals surface area contributed by atoms with Gasteiger partial charge in [-0.05, 0) is 34.7 Å². The van der Waals surface area contributed by atoms with Crippen LogP contribution in [0.5, 0.6) is 0 Å². The first-order valence-corrected chi connectivity index (χ1v) is 5.57. The Morgan fingerprint density at radius 1 is 1.31 bits per heavy atom. The maximum Gasteiger partial charge on any atom is 0.325 e. The summed E-state index contributed by atoms with van der Waals surface area (Å²) < 4.78 is 4.83. The zero-order valence-electron chi connectivity index (χ0n) is 10.7. The molecule has 0 aliphatic rings. The van der Waals surface area contributed by atoms with Crippen molar-refractivity contribution in [1.82, 2.24) is 10.2 Å². The van der Waals surface area contributed by atoms with Crippen molar-refractivity contribution < 1.29 is 14.3 Å². The Balaban J connectivity index is 4.50. The van der Waals surface area contributed by atoms with E-state index in [1.54, 1.807) is 20.9 Å². The van der Waals surface area contributed by atoms with E-state index in [-0.39, 0.29) is 30.5 Å². The van der Waals surface area contributed by atoms with Crippen molar-refractivity contribution in [3.8, 4) is 0 Å². The van der Waals surface area contributed by atoms with Crippen LogP contribution in [0.25, 0.3) is 0 Å². The smallest absolute Gasteiger partial charge is 0.325 e. The van der Waals surface area contributed by atoms with E-state index in [4.69, 9.17) is 4.74 Å². The topological polar surface area (TPSA) is 58.6 Å². The van der Waals surface area contributed by atoms with E-state index in [0.717, 1.165) is 0 Å². The van der Waals surface area contributed by atoms with Crippen LogP contribution in [-0.4, -0.2) is 49.1 Å². The zero-order chi connectivity index (χ0) is 12.7. The lowest BCUT2D eigenvalue weighted by atomic mass is 10.2. The molecule has 0 fully saturated rings. The minimum absolute atomic E-state index is 0.0103. The summed E-state index contributed by atoms with van der Waals surface area (Å²) in [5.41, 5.74) is 0. The van der Waals surface area contributed by atoms with E-state index in [1.807, 2.05) is 13.8 Å². The minimum Gasteiger partial charge on any atom is -0.465 e. The van der Waals surface area contributed by atoms with Gasteiger partial charge in [-0.1, -0.05) is 0 Å². The monoisotopic (exact) mass is 230 g/mol. The molecule has 0 rings (SSSR count). The molecule has 5 heteroatoms. The lowest BCUT2D eigenvalue weighted by Gasteiger charge is -2.28. The summed E-state index contributed by atoms with van der Waals surface area (Å²) >= 11 is 0. The molecule has 0 spiro atoms. The van der Waals surface area contributed by atoms with Crippen LogP contribution >= 0.6 is 0 Å². The van der Waals surface area contributed by atoms with Gasteiger partial charge in [-0.3, -0.25) is 9.59 Å². The Bertz CT molecular complexity index is 241. The molecule has 1 atom stereocenters. The van der Waals surface area contributed by atoms with E-state index in [9.17, 15) is 9.59 Å². The SMILES string of the molecule is CCOC(=O)CN(C(=O)C(C)NC)C(C)C. The highest BCUT2D eigenvalue weighted by atomic mass is 16.5. The second kappa shape index (κ2) is 7.22. The lowest BCUT2D eigenvalue weighted by molar-refractivity contribution is -0.150. The second-order valence-electron chi connectivity index (χ2n) is 3.88. The van der Waals surface area contributed by atoms with Crippen molar-refractivity contribution >= 4 is 11.9 Å². The fraction of sp³-hybridized carbons (Fsp3) is 0.818. The molecule has 0 aliphatic heterocycles. The maximum absolute atomic E-state index is 11.9. The molecule has 94 valence electrons. The van der Waals surface area contributed by atoms with Crippen LogP contribution in [0.2, 0.25) is 0 Å². The normalized spacial score (nSPS) is 12.4. The van der Waals surface area contributed by atoms with E-state index < -0.39 is 0 Å². The summed E-state index contributed by atoms with van der Waals surface area (Å²) in [5, 5.41) is 2.86. The van der Waals surface area contributed by atoms with E-state index in [1.165, 1.54) is 4.90 Å². The molecule has 1 N–H and O–H groups in total. The molecule has 0 saturated heterocycles. The molecular formula is C11H22N2O3. The third-order valence-electron chi connectivity index (χ3n) is 2.31. The highest BCUT2D eigenvalue weighted by molar-refractivity contribution is 5.85.